The van der Waals surface area contributed by atoms with Crippen molar-refractivity contribution in [2.24, 2.45) is 5.92 Å². The minimum atomic E-state index is -4.59. The van der Waals surface area contributed by atoms with Gasteiger partial charge in [0.1, 0.15) is 18.4 Å². The third-order valence-electron chi connectivity index (χ3n) is 6.77. The third kappa shape index (κ3) is 5.90. The Morgan fingerprint density at radius 2 is 2.00 bits per heavy atom. The van der Waals surface area contributed by atoms with Gasteiger partial charge < -0.3 is 10.1 Å². The van der Waals surface area contributed by atoms with E-state index >= 15 is 0 Å². The Morgan fingerprint density at radius 1 is 1.21 bits per heavy atom. The molecule has 1 aliphatic rings. The fourth-order valence-electron chi connectivity index (χ4n) is 4.85. The Labute approximate surface area is 230 Å². The van der Waals surface area contributed by atoms with E-state index in [-0.39, 0.29) is 12.6 Å². The molecule has 0 amide bonds. The lowest BCUT2D eigenvalue weighted by molar-refractivity contribution is -0.141. The second-order valence-corrected chi connectivity index (χ2v) is 11.4. The Bertz CT molecular complexity index is 1650. The molecule has 0 bridgehead atoms. The summed E-state index contributed by atoms with van der Waals surface area (Å²) in [5, 5.41) is 3.93. The van der Waals surface area contributed by atoms with Crippen molar-refractivity contribution in [2.75, 3.05) is 13.1 Å². The molecule has 206 valence electrons. The van der Waals surface area contributed by atoms with E-state index < -0.39 is 24.0 Å². The number of ether oxygens (including phenoxy) is 1. The number of aromatic nitrogens is 3. The van der Waals surface area contributed by atoms with Gasteiger partial charge in [0, 0.05) is 51.9 Å². The molecular weight excluding hydrogens is 553 g/mol. The zero-order valence-corrected chi connectivity index (χ0v) is 22.8. The molecule has 4 heterocycles. The maximum atomic E-state index is 12.9. The lowest BCUT2D eigenvalue weighted by Crippen LogP contribution is -2.41. The fourth-order valence-corrected chi connectivity index (χ4v) is 6.26. The number of hydrogen-bond acceptors (Lipinski definition) is 6. The van der Waals surface area contributed by atoms with E-state index in [1.807, 2.05) is 25.1 Å². The van der Waals surface area contributed by atoms with E-state index in [4.69, 9.17) is 16.3 Å². The Kier molecular flexibility index (Phi) is 7.58. The molecule has 5 rings (SSSR count). The first kappa shape index (κ1) is 27.4. The highest BCUT2D eigenvalue weighted by Gasteiger charge is 2.29. The summed E-state index contributed by atoms with van der Waals surface area (Å²) < 4.78 is 47.4. The second kappa shape index (κ2) is 10.8. The Balaban J connectivity index is 1.56. The number of nitrogens with zero attached hydrogens (tertiary/aromatic N) is 3. The molecular formula is C27H26ClF3N4O3S. The smallest absolute Gasteiger partial charge is 0.406 e. The summed E-state index contributed by atoms with van der Waals surface area (Å²) >= 11 is 7.79. The van der Waals surface area contributed by atoms with Crippen LogP contribution < -0.4 is 21.3 Å². The van der Waals surface area contributed by atoms with Gasteiger partial charge in [-0.3, -0.25) is 18.9 Å². The standard InChI is InChI=1S/C27H26ClF3N4O3S/c1-15-9-17(28)10-20(24(15)38-22-4-6-32-12-16(22)2)19-3-7-33-21-11-18(39-25(19)21)13-35-23(36)5-8-34(26(35)37)14-27(29,30)31/h3,5,7-11,16,22,32H,4,6,12-14H2,1-2H3/t16-,22-/m1/s1. The number of hydrogen-bond donors (Lipinski definition) is 1. The van der Waals surface area contributed by atoms with E-state index in [1.165, 1.54) is 11.3 Å². The third-order valence-corrected chi connectivity index (χ3v) is 8.13. The molecule has 1 aromatic carbocycles. The second-order valence-electron chi connectivity index (χ2n) is 9.78. The van der Waals surface area contributed by atoms with E-state index in [2.05, 4.69) is 17.2 Å². The molecule has 0 spiro atoms. The van der Waals surface area contributed by atoms with Gasteiger partial charge in [-0.15, -0.1) is 11.3 Å². The first-order valence-electron chi connectivity index (χ1n) is 12.4. The fraction of sp³-hybridized carbons (Fsp3) is 0.370. The normalized spacial score (nSPS) is 18.0. The Hall–Kier alpha value is -3.15. The molecule has 7 nitrogen and oxygen atoms in total. The van der Waals surface area contributed by atoms with Crippen LogP contribution in [-0.2, 0) is 13.1 Å². The predicted molar refractivity (Wildman–Crippen MR) is 146 cm³/mol. The first-order valence-corrected chi connectivity index (χ1v) is 13.6. The maximum Gasteiger partial charge on any atom is 0.406 e. The molecule has 39 heavy (non-hydrogen) atoms. The van der Waals surface area contributed by atoms with Crippen molar-refractivity contribution in [1.82, 2.24) is 19.4 Å². The number of nitrogens with one attached hydrogen (secondary N) is 1. The molecule has 0 saturated carbocycles. The number of thiophene rings is 1. The highest BCUT2D eigenvalue weighted by molar-refractivity contribution is 7.19. The number of halogens is 4. The number of rotatable bonds is 6. The molecule has 0 radical (unpaired) electrons. The number of pyridine rings is 1. The summed E-state index contributed by atoms with van der Waals surface area (Å²) in [7, 11) is 0. The first-order chi connectivity index (χ1) is 18.5. The van der Waals surface area contributed by atoms with Crippen molar-refractivity contribution < 1.29 is 17.9 Å². The average Bonchev–Trinajstić information content (AvgIpc) is 3.28. The van der Waals surface area contributed by atoms with Crippen LogP contribution in [0.15, 0.2) is 52.3 Å². The monoisotopic (exact) mass is 578 g/mol. The van der Waals surface area contributed by atoms with Crippen molar-refractivity contribution in [1.29, 1.82) is 0 Å². The van der Waals surface area contributed by atoms with Gasteiger partial charge in [0.25, 0.3) is 5.56 Å². The molecule has 0 unspecified atom stereocenters. The van der Waals surface area contributed by atoms with Gasteiger partial charge in [-0.1, -0.05) is 18.5 Å². The van der Waals surface area contributed by atoms with Gasteiger partial charge in [-0.05, 0) is 49.7 Å². The van der Waals surface area contributed by atoms with Crippen molar-refractivity contribution in [3.8, 4) is 16.9 Å². The van der Waals surface area contributed by atoms with E-state index in [0.717, 1.165) is 63.5 Å². The summed E-state index contributed by atoms with van der Waals surface area (Å²) in [6.45, 7) is 4.17. The molecule has 12 heteroatoms. The van der Waals surface area contributed by atoms with Crippen LogP contribution in [0.3, 0.4) is 0 Å². The molecule has 0 aliphatic carbocycles. The van der Waals surface area contributed by atoms with Crippen molar-refractivity contribution in [3.63, 3.8) is 0 Å². The molecule has 1 N–H and O–H groups in total. The number of aryl methyl sites for hydroxylation is 1. The van der Waals surface area contributed by atoms with E-state index in [0.29, 0.717) is 25.9 Å². The van der Waals surface area contributed by atoms with Crippen LogP contribution in [0.25, 0.3) is 21.3 Å². The van der Waals surface area contributed by atoms with E-state index in [1.54, 1.807) is 12.3 Å². The van der Waals surface area contributed by atoms with Crippen LogP contribution in [0.5, 0.6) is 5.75 Å². The van der Waals surface area contributed by atoms with Gasteiger partial charge in [0.15, 0.2) is 0 Å². The molecule has 1 saturated heterocycles. The topological polar surface area (TPSA) is 78.2 Å². The maximum absolute atomic E-state index is 12.9. The van der Waals surface area contributed by atoms with Crippen LogP contribution in [-0.4, -0.2) is 39.5 Å². The number of benzene rings is 1. The van der Waals surface area contributed by atoms with E-state index in [9.17, 15) is 22.8 Å². The average molecular weight is 579 g/mol. The minimum Gasteiger partial charge on any atom is -0.489 e. The quantitative estimate of drug-likeness (QED) is 0.339. The van der Waals surface area contributed by atoms with Gasteiger partial charge in [0.05, 0.1) is 16.8 Å². The van der Waals surface area contributed by atoms with Crippen molar-refractivity contribution >= 4 is 33.2 Å². The SMILES string of the molecule is Cc1cc(Cl)cc(-c2ccnc3cc(Cn4c(=O)ccn(CC(F)(F)F)c4=O)sc23)c1O[C@@H]1CCNC[C@H]1C. The summed E-state index contributed by atoms with van der Waals surface area (Å²) in [4.78, 5) is 30.2. The minimum absolute atomic E-state index is 0.0323. The highest BCUT2D eigenvalue weighted by atomic mass is 35.5. The van der Waals surface area contributed by atoms with Crippen LogP contribution >= 0.6 is 22.9 Å². The van der Waals surface area contributed by atoms with Crippen LogP contribution in [0.1, 0.15) is 23.8 Å². The molecule has 4 aromatic rings. The Morgan fingerprint density at radius 3 is 2.74 bits per heavy atom. The molecule has 1 fully saturated rings. The van der Waals surface area contributed by atoms with Gasteiger partial charge in [0.2, 0.25) is 0 Å². The number of alkyl halides is 3. The van der Waals surface area contributed by atoms with Gasteiger partial charge in [-0.25, -0.2) is 4.79 Å². The molecule has 2 atom stereocenters. The largest absolute Gasteiger partial charge is 0.489 e. The zero-order valence-electron chi connectivity index (χ0n) is 21.2. The number of fused-ring (bicyclic) bond motifs is 1. The predicted octanol–water partition coefficient (Wildman–Crippen LogP) is 5.24. The zero-order chi connectivity index (χ0) is 27.9. The summed E-state index contributed by atoms with van der Waals surface area (Å²) in [6, 6.07) is 8.27. The lowest BCUT2D eigenvalue weighted by atomic mass is 9.97. The number of piperidine rings is 1. The van der Waals surface area contributed by atoms with Crippen molar-refractivity contribution in [3.05, 3.63) is 79.0 Å². The van der Waals surface area contributed by atoms with Crippen LogP contribution in [0.2, 0.25) is 5.02 Å². The highest BCUT2D eigenvalue weighted by Crippen LogP contribution is 2.42. The summed E-state index contributed by atoms with van der Waals surface area (Å²) in [6.07, 6.45) is -1.17. The lowest BCUT2D eigenvalue weighted by Gasteiger charge is -2.31. The summed E-state index contributed by atoms with van der Waals surface area (Å²) in [5.41, 5.74) is 1.45. The summed E-state index contributed by atoms with van der Waals surface area (Å²) in [5.74, 6) is 1.05. The van der Waals surface area contributed by atoms with Crippen LogP contribution in [0.4, 0.5) is 13.2 Å². The van der Waals surface area contributed by atoms with Crippen LogP contribution in [0, 0.1) is 12.8 Å². The van der Waals surface area contributed by atoms with Gasteiger partial charge in [-0.2, -0.15) is 13.2 Å². The molecule has 3 aromatic heterocycles. The van der Waals surface area contributed by atoms with Gasteiger partial charge >= 0.3 is 11.9 Å². The molecule has 1 aliphatic heterocycles. The van der Waals surface area contributed by atoms with Crippen molar-refractivity contribution in [2.45, 2.75) is 45.6 Å².